The summed E-state index contributed by atoms with van der Waals surface area (Å²) in [6, 6.07) is 3.80. The lowest BCUT2D eigenvalue weighted by atomic mass is 10.00. The van der Waals surface area contributed by atoms with Crippen molar-refractivity contribution in [3.63, 3.8) is 0 Å². The van der Waals surface area contributed by atoms with Crippen LogP contribution in [0.3, 0.4) is 0 Å². The molecule has 9 heteroatoms. The maximum atomic E-state index is 13.5. The predicted octanol–water partition coefficient (Wildman–Crippen LogP) is 4.87. The van der Waals surface area contributed by atoms with Gasteiger partial charge in [0.05, 0.1) is 31.2 Å². The lowest BCUT2D eigenvalue weighted by Gasteiger charge is -2.31. The fraction of sp³-hybridized carbons (Fsp3) is 0.654. The van der Waals surface area contributed by atoms with E-state index in [2.05, 4.69) is 32.7 Å². The number of ether oxygens (including phenoxy) is 1. The molecule has 0 aromatic carbocycles. The van der Waals surface area contributed by atoms with Crippen LogP contribution in [0.5, 0.6) is 0 Å². The molecule has 5 rings (SSSR count). The molecule has 35 heavy (non-hydrogen) atoms. The first-order chi connectivity index (χ1) is 17.2. The Morgan fingerprint density at radius 3 is 2.80 bits per heavy atom. The van der Waals surface area contributed by atoms with Crippen LogP contribution < -0.4 is 4.90 Å². The van der Waals surface area contributed by atoms with Crippen molar-refractivity contribution in [1.29, 1.82) is 0 Å². The first kappa shape index (κ1) is 24.4. The van der Waals surface area contributed by atoms with Crippen molar-refractivity contribution in [3.05, 3.63) is 35.9 Å². The van der Waals surface area contributed by atoms with Gasteiger partial charge in [-0.3, -0.25) is 9.36 Å². The number of thioether (sulfide) groups is 1. The summed E-state index contributed by atoms with van der Waals surface area (Å²) in [5, 5.41) is 9.94. The van der Waals surface area contributed by atoms with Crippen LogP contribution in [0, 0.1) is 5.92 Å². The normalized spacial score (nSPS) is 21.3. The molecule has 1 atom stereocenters. The van der Waals surface area contributed by atoms with Gasteiger partial charge >= 0.3 is 0 Å². The summed E-state index contributed by atoms with van der Waals surface area (Å²) in [6.07, 6.45) is 12.8. The highest BCUT2D eigenvalue weighted by Gasteiger charge is 2.27. The molecule has 2 fully saturated rings. The summed E-state index contributed by atoms with van der Waals surface area (Å²) in [6.45, 7) is 6.35. The van der Waals surface area contributed by atoms with Crippen LogP contribution in [0.1, 0.15) is 64.1 Å². The molecular formula is C26H37N5O3S. The van der Waals surface area contributed by atoms with Gasteiger partial charge in [0.1, 0.15) is 5.76 Å². The van der Waals surface area contributed by atoms with Crippen molar-refractivity contribution in [1.82, 2.24) is 19.7 Å². The van der Waals surface area contributed by atoms with E-state index in [1.807, 2.05) is 17.0 Å². The standard InChI is InChI=1S/C26H37N5O3S/c1-20-11-13-29(14-12-20)25-27-28-26(31(25)18-23-10-6-16-34-23)35-19-24(32)30(17-22-9-5-15-33-22)21-7-3-2-4-8-21/h5,7,9,15,20,23H,2-4,6,8,10-14,16-19H2,1H3. The zero-order chi connectivity index (χ0) is 24.0. The maximum Gasteiger partial charge on any atom is 0.237 e. The predicted molar refractivity (Wildman–Crippen MR) is 136 cm³/mol. The van der Waals surface area contributed by atoms with Gasteiger partial charge in [0, 0.05) is 25.4 Å². The van der Waals surface area contributed by atoms with E-state index < -0.39 is 0 Å². The number of piperidine rings is 1. The van der Waals surface area contributed by atoms with E-state index in [-0.39, 0.29) is 12.0 Å². The number of carbonyl (C=O) groups excluding carboxylic acids is 1. The lowest BCUT2D eigenvalue weighted by Crippen LogP contribution is -2.35. The number of allylic oxidation sites excluding steroid dienone is 2. The first-order valence-electron chi connectivity index (χ1n) is 13.1. The molecule has 0 radical (unpaired) electrons. The molecule has 4 heterocycles. The van der Waals surface area contributed by atoms with Crippen molar-refractivity contribution < 1.29 is 13.9 Å². The van der Waals surface area contributed by atoms with Crippen LogP contribution in [0.4, 0.5) is 5.95 Å². The van der Waals surface area contributed by atoms with Gasteiger partial charge in [0.25, 0.3) is 0 Å². The average Bonchev–Trinajstić information content (AvgIpc) is 3.66. The van der Waals surface area contributed by atoms with Gasteiger partial charge in [-0.1, -0.05) is 24.8 Å². The fourth-order valence-corrected chi connectivity index (χ4v) is 5.98. The Morgan fingerprint density at radius 2 is 2.09 bits per heavy atom. The summed E-state index contributed by atoms with van der Waals surface area (Å²) in [7, 11) is 0. The second-order valence-electron chi connectivity index (χ2n) is 9.99. The van der Waals surface area contributed by atoms with Gasteiger partial charge in [-0.05, 0) is 69.4 Å². The van der Waals surface area contributed by atoms with Gasteiger partial charge < -0.3 is 19.0 Å². The van der Waals surface area contributed by atoms with Crippen LogP contribution in [0.25, 0.3) is 0 Å². The molecule has 8 nitrogen and oxygen atoms in total. The number of rotatable bonds is 9. The van der Waals surface area contributed by atoms with E-state index in [1.54, 1.807) is 6.26 Å². The third kappa shape index (κ3) is 6.12. The van der Waals surface area contributed by atoms with Crippen LogP contribution in [0.2, 0.25) is 0 Å². The van der Waals surface area contributed by atoms with Crippen LogP contribution in [0.15, 0.2) is 39.7 Å². The molecular weight excluding hydrogens is 462 g/mol. The molecule has 0 spiro atoms. The SMILES string of the molecule is CC1CCN(c2nnc(SCC(=O)N(Cc3ccco3)C3=CCCCC3)n2CC2CCCO2)CC1. The Morgan fingerprint density at radius 1 is 1.20 bits per heavy atom. The quantitative estimate of drug-likeness (QED) is 0.456. The Labute approximate surface area is 212 Å². The monoisotopic (exact) mass is 499 g/mol. The summed E-state index contributed by atoms with van der Waals surface area (Å²) in [4.78, 5) is 17.7. The van der Waals surface area contributed by atoms with Gasteiger partial charge in [0.15, 0.2) is 5.16 Å². The summed E-state index contributed by atoms with van der Waals surface area (Å²) in [5.74, 6) is 2.88. The number of furan rings is 1. The zero-order valence-corrected chi connectivity index (χ0v) is 21.5. The Balaban J connectivity index is 1.31. The Hall–Kier alpha value is -2.26. The average molecular weight is 500 g/mol. The van der Waals surface area contributed by atoms with Crippen LogP contribution >= 0.6 is 11.8 Å². The molecule has 1 unspecified atom stereocenters. The molecule has 0 bridgehead atoms. The van der Waals surface area contributed by atoms with E-state index in [0.29, 0.717) is 12.3 Å². The van der Waals surface area contributed by atoms with Crippen LogP contribution in [-0.2, 0) is 22.6 Å². The molecule has 2 aliphatic heterocycles. The van der Waals surface area contributed by atoms with Crippen molar-refractivity contribution in [2.45, 2.75) is 82.6 Å². The molecule has 1 amide bonds. The van der Waals surface area contributed by atoms with Crippen molar-refractivity contribution in [2.75, 3.05) is 30.3 Å². The third-order valence-corrected chi connectivity index (χ3v) is 8.26. The second-order valence-corrected chi connectivity index (χ2v) is 10.9. The minimum Gasteiger partial charge on any atom is -0.467 e. The smallest absolute Gasteiger partial charge is 0.237 e. The summed E-state index contributed by atoms with van der Waals surface area (Å²) < 4.78 is 13.7. The number of hydrogen-bond donors (Lipinski definition) is 0. The topological polar surface area (TPSA) is 76.6 Å². The molecule has 3 aliphatic rings. The molecule has 2 aromatic heterocycles. The van der Waals surface area contributed by atoms with E-state index in [1.165, 1.54) is 31.0 Å². The molecule has 2 aromatic rings. The zero-order valence-electron chi connectivity index (χ0n) is 20.7. The van der Waals surface area contributed by atoms with E-state index in [9.17, 15) is 4.79 Å². The largest absolute Gasteiger partial charge is 0.467 e. The number of nitrogens with zero attached hydrogens (tertiary/aromatic N) is 5. The minimum absolute atomic E-state index is 0.0829. The van der Waals surface area contributed by atoms with Gasteiger partial charge in [0.2, 0.25) is 11.9 Å². The highest BCUT2D eigenvalue weighted by molar-refractivity contribution is 7.99. The van der Waals surface area contributed by atoms with Crippen LogP contribution in [-0.4, -0.2) is 57.1 Å². The summed E-state index contributed by atoms with van der Waals surface area (Å²) >= 11 is 1.49. The highest BCUT2D eigenvalue weighted by Crippen LogP contribution is 2.29. The maximum absolute atomic E-state index is 13.5. The van der Waals surface area contributed by atoms with Gasteiger partial charge in [-0.15, -0.1) is 10.2 Å². The molecule has 0 N–H and O–H groups in total. The number of anilines is 1. The highest BCUT2D eigenvalue weighted by atomic mass is 32.2. The minimum atomic E-state index is 0.0829. The van der Waals surface area contributed by atoms with E-state index >= 15 is 0 Å². The lowest BCUT2D eigenvalue weighted by molar-refractivity contribution is -0.127. The Bertz CT molecular complexity index is 991. The number of amides is 1. The fourth-order valence-electron chi connectivity index (χ4n) is 5.16. The first-order valence-corrected chi connectivity index (χ1v) is 14.1. The molecule has 2 saturated heterocycles. The number of aromatic nitrogens is 3. The van der Waals surface area contributed by atoms with Crippen molar-refractivity contribution >= 4 is 23.6 Å². The molecule has 0 saturated carbocycles. The number of carbonyl (C=O) groups is 1. The third-order valence-electron chi connectivity index (χ3n) is 7.31. The van der Waals surface area contributed by atoms with Gasteiger partial charge in [-0.25, -0.2) is 0 Å². The van der Waals surface area contributed by atoms with E-state index in [0.717, 1.165) is 86.8 Å². The van der Waals surface area contributed by atoms with Crippen molar-refractivity contribution in [2.24, 2.45) is 5.92 Å². The van der Waals surface area contributed by atoms with E-state index in [4.69, 9.17) is 9.15 Å². The second kappa shape index (κ2) is 11.6. The van der Waals surface area contributed by atoms with Crippen molar-refractivity contribution in [3.8, 4) is 0 Å². The van der Waals surface area contributed by atoms with Gasteiger partial charge in [-0.2, -0.15) is 0 Å². The molecule has 1 aliphatic carbocycles. The molecule has 190 valence electrons. The number of hydrogen-bond acceptors (Lipinski definition) is 7. The summed E-state index contributed by atoms with van der Waals surface area (Å²) in [5.41, 5.74) is 1.11. The Kier molecular flexibility index (Phi) is 8.13.